The van der Waals surface area contributed by atoms with E-state index in [0.717, 1.165) is 35.6 Å². The van der Waals surface area contributed by atoms with Crippen LogP contribution in [0.5, 0.6) is 0 Å². The molecule has 0 unspecified atom stereocenters. The normalized spacial score (nSPS) is 12.2. The number of pyridine rings is 1. The summed E-state index contributed by atoms with van der Waals surface area (Å²) in [7, 11) is 0. The molecule has 0 radical (unpaired) electrons. The molecule has 0 aliphatic rings. The Labute approximate surface area is 114 Å². The van der Waals surface area contributed by atoms with E-state index in [-0.39, 0.29) is 0 Å². The minimum Gasteiger partial charge on any atom is -0.384 e. The number of hydrogen-bond acceptors (Lipinski definition) is 3. The van der Waals surface area contributed by atoms with Gasteiger partial charge in [-0.15, -0.1) is 0 Å². The molecule has 0 fully saturated rings. The number of nitrogens with one attached hydrogen (secondary N) is 1. The number of aromatic nitrogens is 1. The van der Waals surface area contributed by atoms with Crippen molar-refractivity contribution in [2.24, 2.45) is 0 Å². The second kappa shape index (κ2) is 6.34. The molecular formula is C16H20N2O. The lowest BCUT2D eigenvalue weighted by molar-refractivity contribution is 0.219. The summed E-state index contributed by atoms with van der Waals surface area (Å²) in [5.74, 6) is 0.864. The maximum absolute atomic E-state index is 10.4. The van der Waals surface area contributed by atoms with Gasteiger partial charge in [0.2, 0.25) is 0 Å². The third-order valence-electron chi connectivity index (χ3n) is 3.09. The van der Waals surface area contributed by atoms with Crippen molar-refractivity contribution in [2.75, 3.05) is 11.9 Å². The van der Waals surface area contributed by atoms with Gasteiger partial charge in [0.15, 0.2) is 0 Å². The molecule has 3 heteroatoms. The van der Waals surface area contributed by atoms with E-state index in [9.17, 15) is 5.11 Å². The van der Waals surface area contributed by atoms with Crippen LogP contribution in [0.2, 0.25) is 0 Å². The Balaban J connectivity index is 2.21. The molecule has 0 aliphatic carbocycles. The van der Waals surface area contributed by atoms with Crippen molar-refractivity contribution < 1.29 is 5.11 Å². The number of hydrogen-bond donors (Lipinski definition) is 2. The van der Waals surface area contributed by atoms with Gasteiger partial charge in [0.25, 0.3) is 0 Å². The van der Waals surface area contributed by atoms with Crippen LogP contribution in [0.4, 0.5) is 5.82 Å². The largest absolute Gasteiger partial charge is 0.384 e. The van der Waals surface area contributed by atoms with Gasteiger partial charge in [-0.05, 0) is 25.0 Å². The molecule has 0 saturated carbocycles. The molecule has 3 nitrogen and oxygen atoms in total. The van der Waals surface area contributed by atoms with E-state index in [4.69, 9.17) is 0 Å². The predicted octanol–water partition coefficient (Wildman–Crippen LogP) is 3.29. The Hall–Kier alpha value is -1.87. The molecule has 0 spiro atoms. The smallest absolute Gasteiger partial charge is 0.126 e. The number of rotatable bonds is 5. The second-order valence-corrected chi connectivity index (χ2v) is 4.61. The van der Waals surface area contributed by atoms with E-state index in [1.807, 2.05) is 49.4 Å². The zero-order valence-electron chi connectivity index (χ0n) is 11.4. The van der Waals surface area contributed by atoms with Gasteiger partial charge < -0.3 is 10.4 Å². The van der Waals surface area contributed by atoms with Crippen LogP contribution in [0.3, 0.4) is 0 Å². The van der Waals surface area contributed by atoms with Crippen LogP contribution in [0.25, 0.3) is 0 Å². The van der Waals surface area contributed by atoms with Crippen molar-refractivity contribution in [1.29, 1.82) is 0 Å². The first-order chi connectivity index (χ1) is 9.22. The van der Waals surface area contributed by atoms with Gasteiger partial charge in [0.1, 0.15) is 11.9 Å². The quantitative estimate of drug-likeness (QED) is 0.862. The van der Waals surface area contributed by atoms with Crippen LogP contribution in [-0.4, -0.2) is 16.6 Å². The van der Waals surface area contributed by atoms with Gasteiger partial charge >= 0.3 is 0 Å². The van der Waals surface area contributed by atoms with Gasteiger partial charge in [-0.2, -0.15) is 0 Å². The lowest BCUT2D eigenvalue weighted by Crippen LogP contribution is -2.07. The molecule has 1 aromatic carbocycles. The Bertz CT molecular complexity index is 526. The fourth-order valence-electron chi connectivity index (χ4n) is 2.03. The standard InChI is InChI=1S/C16H20N2O/c1-3-11-17-15-10-9-14(12(2)18-15)16(19)13-7-5-4-6-8-13/h4-10,16,19H,3,11H2,1-2H3,(H,17,18)/t16-/m1/s1. The highest BCUT2D eigenvalue weighted by atomic mass is 16.3. The van der Waals surface area contributed by atoms with Crippen molar-refractivity contribution in [3.63, 3.8) is 0 Å². The van der Waals surface area contributed by atoms with Crippen molar-refractivity contribution in [3.8, 4) is 0 Å². The summed E-state index contributed by atoms with van der Waals surface area (Å²) in [5.41, 5.74) is 2.60. The molecule has 0 bridgehead atoms. The second-order valence-electron chi connectivity index (χ2n) is 4.61. The van der Waals surface area contributed by atoms with Crippen LogP contribution in [0.1, 0.15) is 36.3 Å². The molecule has 1 heterocycles. The molecular weight excluding hydrogens is 236 g/mol. The van der Waals surface area contributed by atoms with E-state index in [2.05, 4.69) is 17.2 Å². The average Bonchev–Trinajstić information content (AvgIpc) is 2.45. The predicted molar refractivity (Wildman–Crippen MR) is 78.3 cm³/mol. The van der Waals surface area contributed by atoms with Gasteiger partial charge in [-0.3, -0.25) is 0 Å². The van der Waals surface area contributed by atoms with E-state index in [0.29, 0.717) is 0 Å². The maximum Gasteiger partial charge on any atom is 0.126 e. The maximum atomic E-state index is 10.4. The van der Waals surface area contributed by atoms with Gasteiger partial charge in [0.05, 0.1) is 0 Å². The summed E-state index contributed by atoms with van der Waals surface area (Å²) in [4.78, 5) is 4.49. The highest BCUT2D eigenvalue weighted by Crippen LogP contribution is 2.24. The fraction of sp³-hybridized carbons (Fsp3) is 0.312. The number of anilines is 1. The lowest BCUT2D eigenvalue weighted by Gasteiger charge is -2.15. The Morgan fingerprint density at radius 1 is 1.16 bits per heavy atom. The molecule has 0 aliphatic heterocycles. The number of aliphatic hydroxyl groups excluding tert-OH is 1. The molecule has 0 amide bonds. The third kappa shape index (κ3) is 3.32. The molecule has 1 aromatic heterocycles. The van der Waals surface area contributed by atoms with Crippen molar-refractivity contribution >= 4 is 5.82 Å². The minimum absolute atomic E-state index is 0.617. The number of aryl methyl sites for hydroxylation is 1. The Morgan fingerprint density at radius 3 is 2.53 bits per heavy atom. The summed E-state index contributed by atoms with van der Waals surface area (Å²) in [6.07, 6.45) is 0.448. The third-order valence-corrected chi connectivity index (χ3v) is 3.09. The summed E-state index contributed by atoms with van der Waals surface area (Å²) in [5, 5.41) is 13.6. The van der Waals surface area contributed by atoms with E-state index >= 15 is 0 Å². The molecule has 2 rings (SSSR count). The number of nitrogens with zero attached hydrogens (tertiary/aromatic N) is 1. The average molecular weight is 256 g/mol. The zero-order valence-corrected chi connectivity index (χ0v) is 11.4. The van der Waals surface area contributed by atoms with E-state index in [1.165, 1.54) is 0 Å². The van der Waals surface area contributed by atoms with Crippen molar-refractivity contribution in [2.45, 2.75) is 26.4 Å². The first-order valence-corrected chi connectivity index (χ1v) is 6.66. The molecule has 1 atom stereocenters. The Morgan fingerprint density at radius 2 is 1.89 bits per heavy atom. The van der Waals surface area contributed by atoms with E-state index < -0.39 is 6.10 Å². The van der Waals surface area contributed by atoms with Crippen LogP contribution in [-0.2, 0) is 0 Å². The van der Waals surface area contributed by atoms with Gasteiger partial charge in [0, 0.05) is 17.8 Å². The van der Waals surface area contributed by atoms with E-state index in [1.54, 1.807) is 0 Å². The minimum atomic E-state index is -0.617. The molecule has 0 saturated heterocycles. The Kier molecular flexibility index (Phi) is 4.53. The highest BCUT2D eigenvalue weighted by Gasteiger charge is 2.13. The molecule has 19 heavy (non-hydrogen) atoms. The van der Waals surface area contributed by atoms with Gasteiger partial charge in [-0.25, -0.2) is 4.98 Å². The number of benzene rings is 1. The summed E-state index contributed by atoms with van der Waals surface area (Å²) in [6, 6.07) is 13.5. The summed E-state index contributed by atoms with van der Waals surface area (Å²) >= 11 is 0. The zero-order chi connectivity index (χ0) is 13.7. The lowest BCUT2D eigenvalue weighted by atomic mass is 10.0. The molecule has 2 N–H and O–H groups in total. The van der Waals surface area contributed by atoms with Crippen LogP contribution in [0.15, 0.2) is 42.5 Å². The van der Waals surface area contributed by atoms with Crippen molar-refractivity contribution in [3.05, 3.63) is 59.3 Å². The highest BCUT2D eigenvalue weighted by molar-refractivity contribution is 5.41. The van der Waals surface area contributed by atoms with Gasteiger partial charge in [-0.1, -0.05) is 43.3 Å². The van der Waals surface area contributed by atoms with Crippen molar-refractivity contribution in [1.82, 2.24) is 4.98 Å². The van der Waals surface area contributed by atoms with Crippen LogP contribution >= 0.6 is 0 Å². The fourth-order valence-corrected chi connectivity index (χ4v) is 2.03. The monoisotopic (exact) mass is 256 g/mol. The number of aliphatic hydroxyl groups is 1. The van der Waals surface area contributed by atoms with Crippen LogP contribution in [0, 0.1) is 6.92 Å². The summed E-state index contributed by atoms with van der Waals surface area (Å²) in [6.45, 7) is 4.96. The first kappa shape index (κ1) is 13.6. The summed E-state index contributed by atoms with van der Waals surface area (Å²) < 4.78 is 0. The topological polar surface area (TPSA) is 45.1 Å². The van der Waals surface area contributed by atoms with Crippen LogP contribution < -0.4 is 5.32 Å². The first-order valence-electron chi connectivity index (χ1n) is 6.66. The molecule has 100 valence electrons. The molecule has 2 aromatic rings. The SMILES string of the molecule is CCCNc1ccc([C@H](O)c2ccccc2)c(C)n1.